The third-order valence-corrected chi connectivity index (χ3v) is 4.15. The Morgan fingerprint density at radius 3 is 2.44 bits per heavy atom. The minimum atomic E-state index is -0.706. The lowest BCUT2D eigenvalue weighted by Gasteiger charge is -2.42. The SMILES string of the molecule is CCCN(CCC)C1CCCC(NC)(C(=O)O)C1. The van der Waals surface area contributed by atoms with Gasteiger partial charge in [-0.25, -0.2) is 0 Å². The lowest BCUT2D eigenvalue weighted by molar-refractivity contribution is -0.147. The number of hydrogen-bond acceptors (Lipinski definition) is 3. The Balaban J connectivity index is 2.74. The van der Waals surface area contributed by atoms with Gasteiger partial charge in [-0.05, 0) is 58.7 Å². The molecule has 0 saturated heterocycles. The van der Waals surface area contributed by atoms with Crippen molar-refractivity contribution in [1.29, 1.82) is 0 Å². The average Bonchev–Trinajstić information content (AvgIpc) is 2.38. The van der Waals surface area contributed by atoms with Gasteiger partial charge in [-0.1, -0.05) is 13.8 Å². The van der Waals surface area contributed by atoms with E-state index in [1.54, 1.807) is 7.05 Å². The van der Waals surface area contributed by atoms with Gasteiger partial charge in [0.15, 0.2) is 0 Å². The van der Waals surface area contributed by atoms with Crippen LogP contribution in [0.5, 0.6) is 0 Å². The van der Waals surface area contributed by atoms with Crippen molar-refractivity contribution < 1.29 is 9.90 Å². The van der Waals surface area contributed by atoms with Crippen molar-refractivity contribution in [2.45, 2.75) is 64.0 Å². The summed E-state index contributed by atoms with van der Waals surface area (Å²) >= 11 is 0. The number of carboxylic acid groups (broad SMARTS) is 1. The molecule has 18 heavy (non-hydrogen) atoms. The Hall–Kier alpha value is -0.610. The number of aliphatic carboxylic acids is 1. The second kappa shape index (κ2) is 7.10. The van der Waals surface area contributed by atoms with Crippen LogP contribution in [0.2, 0.25) is 0 Å². The van der Waals surface area contributed by atoms with Crippen molar-refractivity contribution in [3.8, 4) is 0 Å². The van der Waals surface area contributed by atoms with Crippen molar-refractivity contribution in [3.63, 3.8) is 0 Å². The molecule has 0 radical (unpaired) electrons. The molecule has 1 aliphatic carbocycles. The van der Waals surface area contributed by atoms with Gasteiger partial charge in [-0.15, -0.1) is 0 Å². The first-order valence-electron chi connectivity index (χ1n) is 7.26. The summed E-state index contributed by atoms with van der Waals surface area (Å²) in [6.07, 6.45) is 5.89. The Kier molecular flexibility index (Phi) is 6.09. The van der Waals surface area contributed by atoms with Gasteiger partial charge in [0.25, 0.3) is 0 Å². The summed E-state index contributed by atoms with van der Waals surface area (Å²) in [5.74, 6) is -0.692. The Bertz CT molecular complexity index is 265. The van der Waals surface area contributed by atoms with Crippen LogP contribution in [0.15, 0.2) is 0 Å². The molecule has 2 N–H and O–H groups in total. The second-order valence-corrected chi connectivity index (χ2v) is 5.42. The molecule has 4 nitrogen and oxygen atoms in total. The van der Waals surface area contributed by atoms with Gasteiger partial charge in [-0.2, -0.15) is 0 Å². The Morgan fingerprint density at radius 2 is 2.00 bits per heavy atom. The maximum atomic E-state index is 11.5. The highest BCUT2D eigenvalue weighted by atomic mass is 16.4. The first-order valence-corrected chi connectivity index (χ1v) is 7.26. The van der Waals surface area contributed by atoms with Gasteiger partial charge >= 0.3 is 5.97 Å². The zero-order valence-corrected chi connectivity index (χ0v) is 12.0. The van der Waals surface area contributed by atoms with Crippen molar-refractivity contribution in [2.75, 3.05) is 20.1 Å². The van der Waals surface area contributed by atoms with Gasteiger partial charge in [0, 0.05) is 6.04 Å². The van der Waals surface area contributed by atoms with Crippen molar-refractivity contribution in [2.24, 2.45) is 0 Å². The molecule has 1 rings (SSSR count). The third kappa shape index (κ3) is 3.45. The number of carbonyl (C=O) groups is 1. The van der Waals surface area contributed by atoms with Crippen LogP contribution >= 0.6 is 0 Å². The molecule has 0 bridgehead atoms. The number of nitrogens with one attached hydrogen (secondary N) is 1. The summed E-state index contributed by atoms with van der Waals surface area (Å²) in [6, 6.07) is 0.419. The highest BCUT2D eigenvalue weighted by Crippen LogP contribution is 2.31. The largest absolute Gasteiger partial charge is 0.480 e. The molecule has 0 aliphatic heterocycles. The smallest absolute Gasteiger partial charge is 0.323 e. The van der Waals surface area contributed by atoms with Crippen LogP contribution in [-0.4, -0.2) is 47.7 Å². The highest BCUT2D eigenvalue weighted by molar-refractivity contribution is 5.79. The van der Waals surface area contributed by atoms with Gasteiger partial charge in [0.05, 0.1) is 0 Å². The molecule has 0 spiro atoms. The summed E-state index contributed by atoms with van der Waals surface area (Å²) < 4.78 is 0. The predicted molar refractivity (Wildman–Crippen MR) is 73.8 cm³/mol. The van der Waals surface area contributed by atoms with Crippen LogP contribution in [0.3, 0.4) is 0 Å². The zero-order chi connectivity index (χ0) is 13.6. The van der Waals surface area contributed by atoms with E-state index in [1.807, 2.05) is 0 Å². The molecule has 1 saturated carbocycles. The lowest BCUT2D eigenvalue weighted by Crippen LogP contribution is -2.57. The van der Waals surface area contributed by atoms with Gasteiger partial charge in [0.1, 0.15) is 5.54 Å². The van der Waals surface area contributed by atoms with Crippen molar-refractivity contribution in [1.82, 2.24) is 10.2 Å². The van der Waals surface area contributed by atoms with E-state index in [-0.39, 0.29) is 0 Å². The molecule has 0 heterocycles. The minimum absolute atomic E-state index is 0.419. The van der Waals surface area contributed by atoms with Crippen LogP contribution in [0.25, 0.3) is 0 Å². The second-order valence-electron chi connectivity index (χ2n) is 5.42. The van der Waals surface area contributed by atoms with Crippen molar-refractivity contribution in [3.05, 3.63) is 0 Å². The van der Waals surface area contributed by atoms with Gasteiger partial charge < -0.3 is 15.3 Å². The summed E-state index contributed by atoms with van der Waals surface area (Å²) in [7, 11) is 1.78. The van der Waals surface area contributed by atoms with Crippen LogP contribution < -0.4 is 5.32 Å². The van der Waals surface area contributed by atoms with E-state index >= 15 is 0 Å². The van der Waals surface area contributed by atoms with E-state index in [4.69, 9.17) is 0 Å². The highest BCUT2D eigenvalue weighted by Gasteiger charge is 2.42. The number of rotatable bonds is 7. The molecule has 4 heteroatoms. The lowest BCUT2D eigenvalue weighted by atomic mass is 9.78. The molecule has 2 unspecified atom stereocenters. The zero-order valence-electron chi connectivity index (χ0n) is 12.0. The molecule has 0 aromatic rings. The Morgan fingerprint density at radius 1 is 1.39 bits per heavy atom. The molecule has 0 amide bonds. The van der Waals surface area contributed by atoms with Crippen LogP contribution in [-0.2, 0) is 4.79 Å². The minimum Gasteiger partial charge on any atom is -0.480 e. The quantitative estimate of drug-likeness (QED) is 0.732. The third-order valence-electron chi connectivity index (χ3n) is 4.15. The average molecular weight is 256 g/mol. The molecule has 2 atom stereocenters. The maximum absolute atomic E-state index is 11.5. The van der Waals surface area contributed by atoms with Crippen LogP contribution in [0.1, 0.15) is 52.4 Å². The fraction of sp³-hybridized carbons (Fsp3) is 0.929. The fourth-order valence-corrected chi connectivity index (χ4v) is 3.14. The summed E-state index contributed by atoms with van der Waals surface area (Å²) in [4.78, 5) is 14.0. The van der Waals surface area contributed by atoms with E-state index < -0.39 is 11.5 Å². The summed E-state index contributed by atoms with van der Waals surface area (Å²) in [6.45, 7) is 6.54. The number of hydrogen-bond donors (Lipinski definition) is 2. The van der Waals surface area contributed by atoms with Crippen LogP contribution in [0, 0.1) is 0 Å². The number of nitrogens with zero attached hydrogens (tertiary/aromatic N) is 1. The molecule has 0 aromatic heterocycles. The first-order chi connectivity index (χ1) is 8.59. The molecule has 0 aromatic carbocycles. The topological polar surface area (TPSA) is 52.6 Å². The maximum Gasteiger partial charge on any atom is 0.323 e. The summed E-state index contributed by atoms with van der Waals surface area (Å²) in [5, 5.41) is 12.5. The molecular formula is C14H28N2O2. The summed E-state index contributed by atoms with van der Waals surface area (Å²) in [5.41, 5.74) is -0.706. The van der Waals surface area contributed by atoms with E-state index in [0.717, 1.165) is 51.6 Å². The van der Waals surface area contributed by atoms with Gasteiger partial charge in [-0.3, -0.25) is 4.79 Å². The van der Waals surface area contributed by atoms with Gasteiger partial charge in [0.2, 0.25) is 0 Å². The van der Waals surface area contributed by atoms with E-state index in [0.29, 0.717) is 6.04 Å². The van der Waals surface area contributed by atoms with E-state index in [9.17, 15) is 9.90 Å². The van der Waals surface area contributed by atoms with E-state index in [2.05, 4.69) is 24.1 Å². The van der Waals surface area contributed by atoms with Crippen LogP contribution in [0.4, 0.5) is 0 Å². The van der Waals surface area contributed by atoms with Crippen molar-refractivity contribution >= 4 is 5.97 Å². The standard InChI is InChI=1S/C14H28N2O2/c1-4-9-16(10-5-2)12-7-6-8-14(11-12,15-3)13(17)18/h12,15H,4-11H2,1-3H3,(H,17,18). The fourth-order valence-electron chi connectivity index (χ4n) is 3.14. The monoisotopic (exact) mass is 256 g/mol. The molecule has 1 aliphatic rings. The molecular weight excluding hydrogens is 228 g/mol. The number of likely N-dealkylation sites (N-methyl/N-ethyl adjacent to an activating group) is 1. The molecule has 106 valence electrons. The van der Waals surface area contributed by atoms with E-state index in [1.165, 1.54) is 0 Å². The molecule has 1 fully saturated rings. The predicted octanol–water partition coefficient (Wildman–Crippen LogP) is 2.09. The number of carboxylic acids is 1. The normalized spacial score (nSPS) is 28.6. The Labute approximate surface area is 111 Å². The first kappa shape index (κ1) is 15.4.